The highest BCUT2D eigenvalue weighted by atomic mass is 16.2. The fourth-order valence-electron chi connectivity index (χ4n) is 4.17. The van der Waals surface area contributed by atoms with Crippen molar-refractivity contribution < 1.29 is 9.59 Å². The molecule has 2 heterocycles. The molecule has 0 saturated carbocycles. The minimum Gasteiger partial charge on any atom is -0.342 e. The van der Waals surface area contributed by atoms with E-state index in [1.54, 1.807) is 33.2 Å². The molecule has 1 atom stereocenters. The molecule has 1 saturated heterocycles. The first-order valence-corrected chi connectivity index (χ1v) is 12.4. The number of hydrogen-bond donors (Lipinski definition) is 4. The Hall–Kier alpha value is -3.54. The molecule has 1 aromatic carbocycles. The zero-order valence-electron chi connectivity index (χ0n) is 21.8. The van der Waals surface area contributed by atoms with E-state index in [1.807, 2.05) is 24.3 Å². The van der Waals surface area contributed by atoms with Crippen LogP contribution in [0.4, 0.5) is 10.6 Å². The number of urea groups is 1. The van der Waals surface area contributed by atoms with E-state index >= 15 is 0 Å². The van der Waals surface area contributed by atoms with E-state index in [4.69, 9.17) is 11.5 Å². The van der Waals surface area contributed by atoms with Crippen LogP contribution in [0, 0.1) is 0 Å². The summed E-state index contributed by atoms with van der Waals surface area (Å²) in [4.78, 5) is 45.2. The predicted molar refractivity (Wildman–Crippen MR) is 144 cm³/mol. The Kier molecular flexibility index (Phi) is 9.19. The van der Waals surface area contributed by atoms with Crippen LogP contribution in [0.1, 0.15) is 32.3 Å². The summed E-state index contributed by atoms with van der Waals surface area (Å²) in [6.07, 6.45) is 5.10. The molecule has 2 aromatic rings. The molecule has 200 valence electrons. The number of piperidine rings is 1. The Balaban J connectivity index is 1.57. The maximum atomic E-state index is 12.6. The summed E-state index contributed by atoms with van der Waals surface area (Å²) >= 11 is 0. The fraction of sp³-hybridized carbons (Fsp3) is 0.462. The van der Waals surface area contributed by atoms with Crippen LogP contribution in [0.25, 0.3) is 5.69 Å². The summed E-state index contributed by atoms with van der Waals surface area (Å²) in [6, 6.07) is 8.49. The molecule has 3 rings (SSSR count). The lowest BCUT2D eigenvalue weighted by molar-refractivity contribution is -0.134. The first-order chi connectivity index (χ1) is 17.5. The van der Waals surface area contributed by atoms with Gasteiger partial charge in [-0.1, -0.05) is 18.2 Å². The Morgan fingerprint density at radius 1 is 1.24 bits per heavy atom. The number of carbonyl (C=O) groups excluding carboxylic acids is 2. The van der Waals surface area contributed by atoms with E-state index in [0.29, 0.717) is 11.7 Å². The molecule has 0 radical (unpaired) electrons. The summed E-state index contributed by atoms with van der Waals surface area (Å²) in [5, 5.41) is 5.25. The summed E-state index contributed by atoms with van der Waals surface area (Å²) in [5.41, 5.74) is 12.1. The van der Waals surface area contributed by atoms with E-state index in [2.05, 4.69) is 27.1 Å². The van der Waals surface area contributed by atoms with Crippen LogP contribution in [-0.2, 0) is 11.3 Å². The van der Waals surface area contributed by atoms with Crippen LogP contribution < -0.4 is 27.8 Å². The number of anilines is 1. The molecule has 1 aliphatic heterocycles. The average Bonchev–Trinajstić information content (AvgIpc) is 2.84. The molecule has 37 heavy (non-hydrogen) atoms. The number of rotatable bonds is 9. The summed E-state index contributed by atoms with van der Waals surface area (Å²) < 4.78 is 1.41. The van der Waals surface area contributed by atoms with Gasteiger partial charge in [0.05, 0.1) is 17.3 Å². The maximum Gasteiger partial charge on any atom is 0.354 e. The second-order valence-corrected chi connectivity index (χ2v) is 10.1. The second-order valence-electron chi connectivity index (χ2n) is 10.1. The standard InChI is InChI=1S/C26H38N8O3/c1-5-20(17-32(4)23(35)26(2,3)28)29-24(36)30-22-12-15-34(25(37)31-22)21-8-6-18(7-9-21)16-33-13-10-19(27)11-14-33/h5-9,12,15,19-20H,1,10-11,13-14,16-17,27-28H2,2-4H3,(H2,29,30,31,36,37). The highest BCUT2D eigenvalue weighted by molar-refractivity contribution is 5.88. The number of nitrogens with one attached hydrogen (secondary N) is 2. The molecular formula is C26H38N8O3. The van der Waals surface area contributed by atoms with Gasteiger partial charge < -0.3 is 21.7 Å². The van der Waals surface area contributed by atoms with E-state index in [-0.39, 0.29) is 18.3 Å². The molecular weight excluding hydrogens is 472 g/mol. The second kappa shape index (κ2) is 12.1. The lowest BCUT2D eigenvalue weighted by Gasteiger charge is -2.30. The van der Waals surface area contributed by atoms with Gasteiger partial charge in [-0.3, -0.25) is 19.6 Å². The minimum atomic E-state index is -1.03. The number of benzene rings is 1. The summed E-state index contributed by atoms with van der Waals surface area (Å²) in [6.45, 7) is 9.95. The van der Waals surface area contributed by atoms with E-state index in [0.717, 1.165) is 38.0 Å². The van der Waals surface area contributed by atoms with Crippen LogP contribution in [0.15, 0.2) is 54.0 Å². The van der Waals surface area contributed by atoms with E-state index in [9.17, 15) is 14.4 Å². The molecule has 1 aliphatic rings. The van der Waals surface area contributed by atoms with Crippen LogP contribution in [0.2, 0.25) is 0 Å². The molecule has 1 fully saturated rings. The summed E-state index contributed by atoms with van der Waals surface area (Å²) in [5.74, 6) is -0.162. The third-order valence-electron chi connectivity index (χ3n) is 6.27. The minimum absolute atomic E-state index is 0.106. The average molecular weight is 511 g/mol. The lowest BCUT2D eigenvalue weighted by atomic mass is 10.1. The number of likely N-dealkylation sites (tertiary alicyclic amines) is 1. The number of nitrogens with zero attached hydrogens (tertiary/aromatic N) is 4. The molecule has 11 heteroatoms. The number of amides is 3. The van der Waals surface area contributed by atoms with Gasteiger partial charge >= 0.3 is 11.7 Å². The van der Waals surface area contributed by atoms with Crippen LogP contribution >= 0.6 is 0 Å². The lowest BCUT2D eigenvalue weighted by Crippen LogP contribution is -2.53. The first-order valence-electron chi connectivity index (χ1n) is 12.4. The Morgan fingerprint density at radius 2 is 1.89 bits per heavy atom. The number of likely N-dealkylation sites (N-methyl/N-ethyl adjacent to an activating group) is 1. The Bertz CT molecular complexity index is 1150. The molecule has 6 N–H and O–H groups in total. The predicted octanol–water partition coefficient (Wildman–Crippen LogP) is 1.03. The fourth-order valence-corrected chi connectivity index (χ4v) is 4.17. The van der Waals surface area contributed by atoms with Gasteiger partial charge in [0.2, 0.25) is 5.91 Å². The van der Waals surface area contributed by atoms with Crippen molar-refractivity contribution in [3.63, 3.8) is 0 Å². The van der Waals surface area contributed by atoms with Gasteiger partial charge in [0.1, 0.15) is 5.82 Å². The smallest absolute Gasteiger partial charge is 0.342 e. The van der Waals surface area contributed by atoms with Crippen molar-refractivity contribution in [3.05, 3.63) is 65.2 Å². The van der Waals surface area contributed by atoms with Crippen molar-refractivity contribution in [2.75, 3.05) is 32.0 Å². The van der Waals surface area contributed by atoms with Crippen molar-refractivity contribution in [1.29, 1.82) is 0 Å². The van der Waals surface area contributed by atoms with Gasteiger partial charge in [-0.25, -0.2) is 9.59 Å². The van der Waals surface area contributed by atoms with Gasteiger partial charge in [-0.15, -0.1) is 6.58 Å². The third-order valence-corrected chi connectivity index (χ3v) is 6.27. The quantitative estimate of drug-likeness (QED) is 0.368. The largest absolute Gasteiger partial charge is 0.354 e. The molecule has 0 bridgehead atoms. The zero-order chi connectivity index (χ0) is 27.2. The Morgan fingerprint density at radius 3 is 2.46 bits per heavy atom. The Labute approximate surface area is 217 Å². The third kappa shape index (κ3) is 7.97. The van der Waals surface area contributed by atoms with Crippen molar-refractivity contribution in [2.24, 2.45) is 11.5 Å². The molecule has 0 aliphatic carbocycles. The molecule has 1 unspecified atom stereocenters. The monoisotopic (exact) mass is 510 g/mol. The van der Waals surface area contributed by atoms with Gasteiger partial charge in [0, 0.05) is 32.4 Å². The zero-order valence-corrected chi connectivity index (χ0v) is 21.8. The first kappa shape index (κ1) is 28.0. The molecule has 11 nitrogen and oxygen atoms in total. The molecule has 0 spiro atoms. The van der Waals surface area contributed by atoms with Crippen molar-refractivity contribution >= 4 is 17.8 Å². The highest BCUT2D eigenvalue weighted by Crippen LogP contribution is 2.15. The SMILES string of the molecule is C=CC(CN(C)C(=O)C(C)(C)N)NC(=O)Nc1ccn(-c2ccc(CN3CCC(N)CC3)cc2)c(=O)n1. The van der Waals surface area contributed by atoms with Crippen molar-refractivity contribution in [2.45, 2.75) is 50.9 Å². The van der Waals surface area contributed by atoms with Gasteiger partial charge in [0.25, 0.3) is 0 Å². The van der Waals surface area contributed by atoms with E-state index in [1.165, 1.54) is 15.5 Å². The number of carbonyl (C=O) groups is 2. The van der Waals surface area contributed by atoms with Gasteiger partial charge in [-0.2, -0.15) is 4.98 Å². The van der Waals surface area contributed by atoms with Gasteiger partial charge in [-0.05, 0) is 63.5 Å². The van der Waals surface area contributed by atoms with Gasteiger partial charge in [0.15, 0.2) is 0 Å². The number of nitrogens with two attached hydrogens (primary N) is 2. The van der Waals surface area contributed by atoms with Crippen molar-refractivity contribution in [1.82, 2.24) is 24.7 Å². The van der Waals surface area contributed by atoms with E-state index < -0.39 is 23.3 Å². The maximum absolute atomic E-state index is 12.6. The highest BCUT2D eigenvalue weighted by Gasteiger charge is 2.27. The summed E-state index contributed by atoms with van der Waals surface area (Å²) in [7, 11) is 1.60. The van der Waals surface area contributed by atoms with Crippen LogP contribution in [-0.4, -0.2) is 75.6 Å². The molecule has 1 aromatic heterocycles. The number of hydrogen-bond acceptors (Lipinski definition) is 7. The normalized spacial score (nSPS) is 15.6. The topological polar surface area (TPSA) is 152 Å². The van der Waals surface area contributed by atoms with Crippen LogP contribution in [0.3, 0.4) is 0 Å². The molecule has 3 amide bonds. The van der Waals surface area contributed by atoms with Crippen LogP contribution in [0.5, 0.6) is 0 Å². The van der Waals surface area contributed by atoms with Crippen molar-refractivity contribution in [3.8, 4) is 5.69 Å². The number of aromatic nitrogens is 2.